The van der Waals surface area contributed by atoms with E-state index >= 15 is 0 Å². The smallest absolute Gasteiger partial charge is 0.326 e. The lowest BCUT2D eigenvalue weighted by Gasteiger charge is -2.18. The van der Waals surface area contributed by atoms with E-state index in [2.05, 4.69) is 10.3 Å². The van der Waals surface area contributed by atoms with Crippen LogP contribution in [0.5, 0.6) is 0 Å². The predicted octanol–water partition coefficient (Wildman–Crippen LogP) is 1.65. The first kappa shape index (κ1) is 17.0. The van der Waals surface area contributed by atoms with Crippen molar-refractivity contribution in [3.63, 3.8) is 0 Å². The highest BCUT2D eigenvalue weighted by atomic mass is 16.4. The monoisotopic (exact) mass is 317 g/mol. The molecular weight excluding hydrogens is 294 g/mol. The van der Waals surface area contributed by atoms with Crippen LogP contribution in [0.2, 0.25) is 0 Å². The standard InChI is InChI=1S/C17H23N3O3/c1-10(2)7-13(18)16(21)20-15(17(22)23)8-11-9-19-14-6-4-3-5-12(11)14/h3-6,9-10,13,15,19H,7-8,18H2,1-2H3,(H,20,21)(H,22,23)/t13-,15-/m1/s1. The van der Waals surface area contributed by atoms with Crippen molar-refractivity contribution in [1.82, 2.24) is 10.3 Å². The highest BCUT2D eigenvalue weighted by Crippen LogP contribution is 2.19. The van der Waals surface area contributed by atoms with Crippen LogP contribution in [0.25, 0.3) is 10.9 Å². The molecule has 0 radical (unpaired) electrons. The summed E-state index contributed by atoms with van der Waals surface area (Å²) in [5.41, 5.74) is 7.61. The van der Waals surface area contributed by atoms with Gasteiger partial charge in [0.15, 0.2) is 0 Å². The van der Waals surface area contributed by atoms with E-state index in [1.54, 1.807) is 6.20 Å². The summed E-state index contributed by atoms with van der Waals surface area (Å²) in [6, 6.07) is 5.95. The molecule has 0 aliphatic heterocycles. The Hall–Kier alpha value is -2.34. The number of fused-ring (bicyclic) bond motifs is 1. The van der Waals surface area contributed by atoms with Crippen molar-refractivity contribution in [3.8, 4) is 0 Å². The van der Waals surface area contributed by atoms with Gasteiger partial charge in [0.25, 0.3) is 0 Å². The van der Waals surface area contributed by atoms with Gasteiger partial charge in [0.1, 0.15) is 6.04 Å². The fourth-order valence-electron chi connectivity index (χ4n) is 2.61. The molecule has 2 atom stereocenters. The van der Waals surface area contributed by atoms with Crippen LogP contribution in [0.3, 0.4) is 0 Å². The number of aliphatic carboxylic acids is 1. The summed E-state index contributed by atoms with van der Waals surface area (Å²) < 4.78 is 0. The van der Waals surface area contributed by atoms with Crippen molar-refractivity contribution in [1.29, 1.82) is 0 Å². The van der Waals surface area contributed by atoms with Gasteiger partial charge in [-0.3, -0.25) is 4.79 Å². The van der Waals surface area contributed by atoms with Crippen LogP contribution in [-0.4, -0.2) is 34.1 Å². The number of hydrogen-bond acceptors (Lipinski definition) is 3. The zero-order valence-corrected chi connectivity index (χ0v) is 13.4. The quantitative estimate of drug-likeness (QED) is 0.622. The molecule has 0 unspecified atom stereocenters. The fourth-order valence-corrected chi connectivity index (χ4v) is 2.61. The molecule has 124 valence electrons. The minimum Gasteiger partial charge on any atom is -0.480 e. The number of nitrogens with two attached hydrogens (primary N) is 1. The van der Waals surface area contributed by atoms with E-state index in [1.165, 1.54) is 0 Å². The molecule has 1 amide bonds. The summed E-state index contributed by atoms with van der Waals surface area (Å²) in [5, 5.41) is 12.9. The van der Waals surface area contributed by atoms with Crippen molar-refractivity contribution >= 4 is 22.8 Å². The molecule has 0 fully saturated rings. The number of H-pyrrole nitrogens is 1. The maximum atomic E-state index is 12.1. The van der Waals surface area contributed by atoms with E-state index in [0.717, 1.165) is 16.5 Å². The summed E-state index contributed by atoms with van der Waals surface area (Å²) in [7, 11) is 0. The highest BCUT2D eigenvalue weighted by Gasteiger charge is 2.24. The van der Waals surface area contributed by atoms with Crippen molar-refractivity contribution in [2.75, 3.05) is 0 Å². The van der Waals surface area contributed by atoms with Gasteiger partial charge >= 0.3 is 5.97 Å². The van der Waals surface area contributed by atoms with Crippen molar-refractivity contribution < 1.29 is 14.7 Å². The molecule has 0 bridgehead atoms. The summed E-state index contributed by atoms with van der Waals surface area (Å²) >= 11 is 0. The minimum absolute atomic E-state index is 0.208. The number of carboxylic acid groups (broad SMARTS) is 1. The normalized spacial score (nSPS) is 13.9. The number of carbonyl (C=O) groups is 2. The summed E-state index contributed by atoms with van der Waals surface area (Å²) in [6.07, 6.45) is 2.51. The number of aromatic amines is 1. The van der Waals surface area contributed by atoms with E-state index in [0.29, 0.717) is 6.42 Å². The Labute approximate surface area is 135 Å². The third-order valence-electron chi connectivity index (χ3n) is 3.78. The molecule has 0 saturated heterocycles. The van der Waals surface area contributed by atoms with Crippen LogP contribution >= 0.6 is 0 Å². The molecule has 1 aromatic carbocycles. The number of para-hydroxylation sites is 1. The topological polar surface area (TPSA) is 108 Å². The summed E-state index contributed by atoms with van der Waals surface area (Å²) in [5.74, 6) is -1.22. The van der Waals surface area contributed by atoms with E-state index in [4.69, 9.17) is 5.73 Å². The predicted molar refractivity (Wildman–Crippen MR) is 89.0 cm³/mol. The molecular formula is C17H23N3O3. The third kappa shape index (κ3) is 4.32. The van der Waals surface area contributed by atoms with Gasteiger partial charge in [0.2, 0.25) is 5.91 Å². The second kappa shape index (κ2) is 7.28. The zero-order valence-electron chi connectivity index (χ0n) is 13.4. The van der Waals surface area contributed by atoms with E-state index < -0.39 is 24.0 Å². The number of amides is 1. The van der Waals surface area contributed by atoms with Crippen LogP contribution < -0.4 is 11.1 Å². The maximum Gasteiger partial charge on any atom is 0.326 e. The molecule has 2 aromatic rings. The molecule has 1 aromatic heterocycles. The fraction of sp³-hybridized carbons (Fsp3) is 0.412. The number of carbonyl (C=O) groups excluding carboxylic acids is 1. The van der Waals surface area contributed by atoms with Gasteiger partial charge in [-0.1, -0.05) is 32.0 Å². The summed E-state index contributed by atoms with van der Waals surface area (Å²) in [6.45, 7) is 3.93. The van der Waals surface area contributed by atoms with Gasteiger partial charge in [-0.25, -0.2) is 4.79 Å². The Balaban J connectivity index is 2.10. The number of carboxylic acids is 1. The lowest BCUT2D eigenvalue weighted by molar-refractivity contribution is -0.142. The second-order valence-electron chi connectivity index (χ2n) is 6.20. The first-order chi connectivity index (χ1) is 10.9. The summed E-state index contributed by atoms with van der Waals surface area (Å²) in [4.78, 5) is 26.7. The van der Waals surface area contributed by atoms with Crippen molar-refractivity contribution in [3.05, 3.63) is 36.0 Å². The highest BCUT2D eigenvalue weighted by molar-refractivity contribution is 5.88. The molecule has 1 heterocycles. The van der Waals surface area contributed by atoms with Crippen LogP contribution in [-0.2, 0) is 16.0 Å². The number of benzene rings is 1. The van der Waals surface area contributed by atoms with Gasteiger partial charge in [-0.05, 0) is 24.0 Å². The first-order valence-electron chi connectivity index (χ1n) is 7.72. The molecule has 5 N–H and O–H groups in total. The minimum atomic E-state index is -1.07. The Morgan fingerprint density at radius 2 is 2.00 bits per heavy atom. The Kier molecular flexibility index (Phi) is 5.39. The molecule has 6 heteroatoms. The number of hydrogen-bond donors (Lipinski definition) is 4. The van der Waals surface area contributed by atoms with Crippen LogP contribution in [0.1, 0.15) is 25.8 Å². The molecule has 0 saturated carbocycles. The van der Waals surface area contributed by atoms with Crippen molar-refractivity contribution in [2.45, 2.75) is 38.8 Å². The van der Waals surface area contributed by atoms with E-state index in [1.807, 2.05) is 38.1 Å². The third-order valence-corrected chi connectivity index (χ3v) is 3.78. The SMILES string of the molecule is CC(C)C[C@@H](N)C(=O)N[C@H](Cc1c[nH]c2ccccc12)C(=O)O. The average molecular weight is 317 g/mol. The second-order valence-corrected chi connectivity index (χ2v) is 6.20. The van der Waals surface area contributed by atoms with Crippen molar-refractivity contribution in [2.24, 2.45) is 11.7 Å². The number of rotatable bonds is 7. The van der Waals surface area contributed by atoms with Gasteiger partial charge in [0, 0.05) is 23.5 Å². The zero-order chi connectivity index (χ0) is 17.0. The molecule has 0 aliphatic rings. The Morgan fingerprint density at radius 1 is 1.30 bits per heavy atom. The number of aromatic nitrogens is 1. The Morgan fingerprint density at radius 3 is 2.65 bits per heavy atom. The van der Waals surface area contributed by atoms with Gasteiger partial charge in [0.05, 0.1) is 6.04 Å². The van der Waals surface area contributed by atoms with Gasteiger partial charge in [-0.15, -0.1) is 0 Å². The molecule has 2 rings (SSSR count). The lowest BCUT2D eigenvalue weighted by Crippen LogP contribution is -2.49. The van der Waals surface area contributed by atoms with Gasteiger partial charge < -0.3 is 21.1 Å². The largest absolute Gasteiger partial charge is 0.480 e. The molecule has 23 heavy (non-hydrogen) atoms. The van der Waals surface area contributed by atoms with Crippen LogP contribution in [0, 0.1) is 5.92 Å². The van der Waals surface area contributed by atoms with E-state index in [9.17, 15) is 14.7 Å². The maximum absolute atomic E-state index is 12.1. The molecule has 0 aliphatic carbocycles. The molecule has 0 spiro atoms. The first-order valence-corrected chi connectivity index (χ1v) is 7.72. The van der Waals surface area contributed by atoms with Crippen LogP contribution in [0.15, 0.2) is 30.5 Å². The number of nitrogens with one attached hydrogen (secondary N) is 2. The lowest BCUT2D eigenvalue weighted by atomic mass is 10.0. The Bertz CT molecular complexity index is 693. The van der Waals surface area contributed by atoms with E-state index in [-0.39, 0.29) is 12.3 Å². The average Bonchev–Trinajstić information content (AvgIpc) is 2.89. The van der Waals surface area contributed by atoms with Crippen LogP contribution in [0.4, 0.5) is 0 Å². The molecule has 6 nitrogen and oxygen atoms in total. The van der Waals surface area contributed by atoms with Gasteiger partial charge in [-0.2, -0.15) is 0 Å².